The van der Waals surface area contributed by atoms with Gasteiger partial charge in [-0.3, -0.25) is 4.40 Å². The van der Waals surface area contributed by atoms with E-state index in [4.69, 9.17) is 32.3 Å². The summed E-state index contributed by atoms with van der Waals surface area (Å²) in [4.78, 5) is 9.79. The van der Waals surface area contributed by atoms with Gasteiger partial charge in [0.05, 0.1) is 11.2 Å². The van der Waals surface area contributed by atoms with Crippen LogP contribution in [0.2, 0.25) is 0 Å². The minimum Gasteiger partial charge on any atom is -0.283 e. The van der Waals surface area contributed by atoms with Crippen molar-refractivity contribution in [2.45, 2.75) is 33.1 Å². The lowest BCUT2D eigenvalue weighted by molar-refractivity contribution is 0.537. The lowest BCUT2D eigenvalue weighted by atomic mass is 9.94. The maximum atomic E-state index is 5.04. The molecule has 2 aromatic heterocycles. The first kappa shape index (κ1) is 93.9. The molecule has 0 N–H and O–H groups in total. The molecule has 4 rings (SSSR count). The van der Waals surface area contributed by atoms with Crippen LogP contribution in [-0.2, 0) is 570 Å². The van der Waals surface area contributed by atoms with Gasteiger partial charge in [0.25, 0.3) is 0 Å². The maximum absolute atomic E-state index is 5.04. The minimum atomic E-state index is -0.0832. The zero-order chi connectivity index (χ0) is 62.9. The van der Waals surface area contributed by atoms with E-state index in [0.29, 0.717) is 0 Å². The topological polar surface area (TPSA) is 30.2 Å². The third kappa shape index (κ3) is 53.4. The van der Waals surface area contributed by atoms with Crippen molar-refractivity contribution in [1.29, 1.82) is 0 Å². The molecule has 0 spiro atoms. The fraction of sp³-hybridized carbons (Fsp3) is 0.238. The molecule has 0 aliphatic carbocycles. The Kier molecular flexibility index (Phi) is 75.0. The lowest BCUT2D eigenvalue weighted by Gasteiger charge is -2.21. The number of nitrogens with zero attached hydrogens (tertiary/aromatic N) is 3. The molecule has 0 aliphatic rings. The zero-order valence-corrected chi connectivity index (χ0v) is 93.6. The van der Waals surface area contributed by atoms with Crippen LogP contribution in [0.3, 0.4) is 0 Å². The molecule has 67 heteroatoms. The van der Waals surface area contributed by atoms with Crippen molar-refractivity contribution in [3.8, 4) is 11.1 Å². The molecule has 0 fully saturated rings. The Morgan fingerprint density at radius 1 is 0.318 bits per heavy atom. The summed E-state index contributed by atoms with van der Waals surface area (Å²) in [6.07, 6.45) is 0. The van der Waals surface area contributed by atoms with Crippen LogP contribution >= 0.6 is 15.9 Å². The van der Waals surface area contributed by atoms with E-state index in [-0.39, 0.29) is 5.41 Å². The van der Waals surface area contributed by atoms with E-state index in [1.54, 1.807) is 107 Å². The Morgan fingerprint density at radius 2 is 0.557 bits per heavy atom. The van der Waals surface area contributed by atoms with E-state index in [0.717, 1.165) is 32.7 Å². The highest BCUT2D eigenvalue weighted by Crippen LogP contribution is 2.32. The predicted octanol–water partition coefficient (Wildman–Crippen LogP) is 5.77. The largest absolute Gasteiger partial charge is 0.283 e. The number of halogens is 1. The molecule has 2 aromatic carbocycles. The van der Waals surface area contributed by atoms with Crippen LogP contribution in [0.15, 0.2) is 53.1 Å². The second-order valence-electron chi connectivity index (χ2n) is 11.6. The van der Waals surface area contributed by atoms with E-state index < -0.39 is 0 Å². The Hall–Kier alpha value is 11.7. The third-order valence-corrected chi connectivity index (χ3v) is 140. The Bertz CT molecular complexity index is 6040. The summed E-state index contributed by atoms with van der Waals surface area (Å²) >= 11 is 13.2. The average Bonchev–Trinajstić information content (AvgIpc) is 1.71. The van der Waals surface area contributed by atoms with Crippen molar-refractivity contribution in [3.63, 3.8) is 0 Å². The zero-order valence-electron chi connectivity index (χ0n) is 40.6. The van der Waals surface area contributed by atoms with Gasteiger partial charge in [0.15, 0.2) is 0 Å². The summed E-state index contributed by atoms with van der Waals surface area (Å²) in [6, 6.07) is 16.9. The molecule has 3 nitrogen and oxygen atoms in total. The lowest BCUT2D eigenvalue weighted by Crippen LogP contribution is -2.19. The highest BCUT2D eigenvalue weighted by Gasteiger charge is 2.24. The van der Waals surface area contributed by atoms with Crippen molar-refractivity contribution in [2.24, 2.45) is 0 Å². The van der Waals surface area contributed by atoms with E-state index in [1.165, 1.54) is 28.9 Å². The number of benzene rings is 2. The van der Waals surface area contributed by atoms with E-state index in [9.17, 15) is 0 Å². The van der Waals surface area contributed by atoms with Gasteiger partial charge in [-0.25, -0.2) is 9.97 Å². The first-order chi connectivity index (χ1) is 43.3. The molecule has 88 heavy (non-hydrogen) atoms. The van der Waals surface area contributed by atoms with Gasteiger partial charge in [-0.1, -0.05) is 57.2 Å². The fourth-order valence-electron chi connectivity index (χ4n) is 3.87. The van der Waals surface area contributed by atoms with E-state index in [2.05, 4.69) is 90.5 Å². The van der Waals surface area contributed by atoms with E-state index in [1.807, 2.05) is 423 Å². The van der Waals surface area contributed by atoms with Crippen molar-refractivity contribution in [2.75, 3.05) is 0 Å². The number of rotatable bonds is 1. The molecule has 0 atom stereocenters. The smallest absolute Gasteiger partial charge is 0.149 e. The van der Waals surface area contributed by atoms with Crippen LogP contribution in [0.5, 0.6) is 0 Å². The highest BCUT2D eigenvalue weighted by atomic mass is 79.9. The number of aryl methyl sites for hydroxylation is 1. The molecule has 0 aliphatic heterocycles. The van der Waals surface area contributed by atoms with Crippen LogP contribution in [0.1, 0.15) is 32.3 Å². The number of fused-ring (bicyclic) bond motifs is 3. The summed E-state index contributed by atoms with van der Waals surface area (Å²) in [5, 5.41) is 1.07. The van der Waals surface area contributed by atoms with Crippen molar-refractivity contribution in [3.05, 3.63) is 64.7 Å². The molecular weight excluding hydrogens is 2390 g/mol. The fourth-order valence-corrected chi connectivity index (χ4v) is 166. The van der Waals surface area contributed by atoms with Crippen molar-refractivity contribution >= 4 is 597 Å². The van der Waals surface area contributed by atoms with Gasteiger partial charge in [0, 0.05) is 575 Å². The van der Waals surface area contributed by atoms with Crippen LogP contribution in [0, 0.1) is 6.92 Å². The first-order valence-corrected chi connectivity index (χ1v) is 102. The predicted molar refractivity (Wildman–Crippen MR) is 571 cm³/mol. The monoisotopic (exact) mass is 2410 g/mol. The maximum Gasteiger partial charge on any atom is 0.149 e. The van der Waals surface area contributed by atoms with E-state index >= 15 is 0 Å². The van der Waals surface area contributed by atoms with Gasteiger partial charge in [0.1, 0.15) is 16.1 Å². The Balaban J connectivity index is 0.000000658. The van der Waals surface area contributed by atoms with Gasteiger partial charge in [0.2, 0.25) is 0 Å². The van der Waals surface area contributed by atoms with Crippen molar-refractivity contribution in [1.82, 2.24) is 14.4 Å². The molecular formula is C21H20BrN3S63. The van der Waals surface area contributed by atoms with Crippen LogP contribution < -0.4 is 0 Å². The van der Waals surface area contributed by atoms with Gasteiger partial charge in [-0.05, 0) is 46.1 Å². The SMILES string of the molecule is Cc1c(Br)nc2c3ccc(-c4ccccc4)cc3nc(C(C)(C)C)n12.S=S=S=S=S=S=S=S=S=S=S=S=S=S=S=S=S=S=S=S=S=S=S=S=S=S=S=S=S=S=S=S=S=S=S=S=S=S=S=S=S=S=S=S=S=S=S=S=S=S=S=S=S=S=S=S=S=S=S=S=S=S=S. The van der Waals surface area contributed by atoms with Gasteiger partial charge < -0.3 is 0 Å². The standard InChI is InChI=1S/C21H20BrN3.S63/c1-13-18(22)24-19-16-11-10-15(14-8-6-5-7-9-14)12-17(16)23-20(25(13)19)21(2,3)4;1-3-5-7-9-11-13-15-17-19-21-23-25-27-29-31-33-35-37-39-41-43-45-47-49-51-53-55-57-59-61-63-62-60-58-56-54-52-50-48-46-44-42-40-38-36-34-32-30-28-26-24-22-20-18-16-14-12-10-8-6-4-2/h5-12H,1-4H3;. The molecule has 0 amide bonds. The quantitative estimate of drug-likeness (QED) is 0.243. The summed E-state index contributed by atoms with van der Waals surface area (Å²) in [6.45, 7) is 8.64. The normalized spacial score (nSPS) is 9.06. The second-order valence-corrected chi connectivity index (χ2v) is 120. The molecule has 2 heterocycles. The summed E-state index contributed by atoms with van der Waals surface area (Å²) < 4.78 is 3.05. The first-order valence-electron chi connectivity index (χ1n) is 18.7. The summed E-state index contributed by atoms with van der Waals surface area (Å²) in [7, 11) is 110. The van der Waals surface area contributed by atoms with Crippen LogP contribution in [0.4, 0.5) is 0 Å². The van der Waals surface area contributed by atoms with Gasteiger partial charge in [-0.15, -0.1) is 0 Å². The van der Waals surface area contributed by atoms with Crippen LogP contribution in [-0.4, -0.2) is 14.4 Å². The number of aromatic nitrogens is 3. The second kappa shape index (κ2) is 70.3. The Morgan fingerprint density at radius 3 is 0.784 bits per heavy atom. The van der Waals surface area contributed by atoms with Crippen LogP contribution in [0.25, 0.3) is 27.7 Å². The average molecular weight is 2410 g/mol. The molecule has 0 saturated heterocycles. The molecule has 0 bridgehead atoms. The van der Waals surface area contributed by atoms with Crippen molar-refractivity contribution < 1.29 is 0 Å². The molecule has 0 saturated carbocycles. The highest BCUT2D eigenvalue weighted by molar-refractivity contribution is 9.10. The molecule has 4 aromatic rings. The molecule has 0 radical (unpaired) electrons. The number of imidazole rings is 1. The number of hydrogen-bond acceptors (Lipinski definition) is 4. The van der Waals surface area contributed by atoms with Gasteiger partial charge in [-0.2, -0.15) is 0 Å². The number of hydrogen-bond donors (Lipinski definition) is 0. The van der Waals surface area contributed by atoms with Gasteiger partial charge >= 0.3 is 0 Å². The third-order valence-electron chi connectivity index (χ3n) is 6.17. The Labute approximate surface area is 700 Å². The molecule has 0 unspecified atom stereocenters. The molecule has 504 valence electrons. The minimum absolute atomic E-state index is 0.0832. The summed E-state index contributed by atoms with van der Waals surface area (Å²) in [5.74, 6) is 1.02. The summed E-state index contributed by atoms with van der Waals surface area (Å²) in [5.41, 5.74) is 5.31.